The summed E-state index contributed by atoms with van der Waals surface area (Å²) in [6.45, 7) is 9.32. The molecule has 0 saturated heterocycles. The summed E-state index contributed by atoms with van der Waals surface area (Å²) in [5, 5.41) is 3.62. The van der Waals surface area contributed by atoms with E-state index in [9.17, 15) is 0 Å². The first kappa shape index (κ1) is 15.9. The van der Waals surface area contributed by atoms with Gasteiger partial charge in [-0.3, -0.25) is 0 Å². The summed E-state index contributed by atoms with van der Waals surface area (Å²) >= 11 is 7.19. The molecule has 1 N–H and O–H groups in total. The van der Waals surface area contributed by atoms with Gasteiger partial charge in [0.1, 0.15) is 0 Å². The molecule has 1 aromatic carbocycles. The van der Waals surface area contributed by atoms with Crippen LogP contribution in [0.2, 0.25) is 0 Å². The number of hydrogen-bond donors (Lipinski definition) is 1. The predicted octanol–water partition coefficient (Wildman–Crippen LogP) is 5.61. The number of halogens is 2. The van der Waals surface area contributed by atoms with Crippen LogP contribution in [0.4, 0.5) is 0 Å². The van der Waals surface area contributed by atoms with Gasteiger partial charge in [0.2, 0.25) is 0 Å². The number of allylic oxidation sites excluding steroid dienone is 1. The molecule has 0 amide bonds. The van der Waals surface area contributed by atoms with Crippen LogP contribution in [0.1, 0.15) is 44.7 Å². The molecule has 0 saturated carbocycles. The lowest BCUT2D eigenvalue weighted by atomic mass is 10.00. The first-order chi connectivity index (χ1) is 8.54. The second kappa shape index (κ2) is 8.13. The average molecular weight is 375 g/mol. The highest BCUT2D eigenvalue weighted by atomic mass is 79.9. The molecular weight excluding hydrogens is 354 g/mol. The van der Waals surface area contributed by atoms with Gasteiger partial charge in [-0.2, -0.15) is 0 Å². The Hall–Kier alpha value is -0.120. The molecule has 0 aliphatic heterocycles. The van der Waals surface area contributed by atoms with Crippen molar-refractivity contribution in [3.05, 3.63) is 44.9 Å². The Labute approximate surface area is 127 Å². The fourth-order valence-electron chi connectivity index (χ4n) is 1.86. The minimum Gasteiger partial charge on any atom is -0.310 e. The fraction of sp³-hybridized carbons (Fsp3) is 0.467. The molecule has 1 rings (SSSR count). The molecule has 0 aliphatic carbocycles. The Morgan fingerprint density at radius 2 is 2.11 bits per heavy atom. The van der Waals surface area contributed by atoms with Crippen molar-refractivity contribution in [2.75, 3.05) is 6.54 Å². The van der Waals surface area contributed by atoms with Crippen molar-refractivity contribution in [2.45, 2.75) is 39.2 Å². The molecule has 0 aromatic heterocycles. The molecule has 1 aromatic rings. The van der Waals surface area contributed by atoms with Crippen LogP contribution in [0.5, 0.6) is 0 Å². The van der Waals surface area contributed by atoms with Crippen LogP contribution in [0.3, 0.4) is 0 Å². The molecule has 0 spiro atoms. The zero-order chi connectivity index (χ0) is 13.5. The first-order valence-electron chi connectivity index (χ1n) is 6.37. The monoisotopic (exact) mass is 373 g/mol. The Morgan fingerprint density at radius 3 is 2.72 bits per heavy atom. The molecule has 0 aliphatic rings. The summed E-state index contributed by atoms with van der Waals surface area (Å²) < 4.78 is 2.29. The van der Waals surface area contributed by atoms with Gasteiger partial charge in [-0.05, 0) is 56.5 Å². The average Bonchev–Trinajstić information content (AvgIpc) is 2.32. The fourth-order valence-corrected chi connectivity index (χ4v) is 2.76. The lowest BCUT2D eigenvalue weighted by Gasteiger charge is -2.20. The summed E-state index contributed by atoms with van der Waals surface area (Å²) in [5.41, 5.74) is 2.56. The van der Waals surface area contributed by atoms with Crippen molar-refractivity contribution >= 4 is 31.9 Å². The van der Waals surface area contributed by atoms with E-state index in [4.69, 9.17) is 0 Å². The van der Waals surface area contributed by atoms with Crippen LogP contribution in [0.15, 0.2) is 39.3 Å². The van der Waals surface area contributed by atoms with Crippen molar-refractivity contribution < 1.29 is 0 Å². The summed E-state index contributed by atoms with van der Waals surface area (Å²) in [6.07, 6.45) is 3.29. The van der Waals surface area contributed by atoms with Crippen LogP contribution in [-0.4, -0.2) is 6.54 Å². The van der Waals surface area contributed by atoms with Crippen molar-refractivity contribution in [2.24, 2.45) is 0 Å². The largest absolute Gasteiger partial charge is 0.310 e. The number of nitrogens with one attached hydrogen (secondary N) is 1. The zero-order valence-electron chi connectivity index (χ0n) is 11.1. The van der Waals surface area contributed by atoms with E-state index in [0.29, 0.717) is 6.04 Å². The summed E-state index contributed by atoms with van der Waals surface area (Å²) in [5.74, 6) is 0. The molecule has 1 atom stereocenters. The van der Waals surface area contributed by atoms with E-state index in [1.165, 1.54) is 15.6 Å². The summed E-state index contributed by atoms with van der Waals surface area (Å²) in [4.78, 5) is 0. The van der Waals surface area contributed by atoms with Gasteiger partial charge in [-0.25, -0.2) is 0 Å². The predicted molar refractivity (Wildman–Crippen MR) is 86.9 cm³/mol. The highest BCUT2D eigenvalue weighted by Crippen LogP contribution is 2.30. The molecule has 3 heteroatoms. The van der Waals surface area contributed by atoms with E-state index in [-0.39, 0.29) is 0 Å². The zero-order valence-corrected chi connectivity index (χ0v) is 14.3. The maximum Gasteiger partial charge on any atom is 0.0334 e. The second-order valence-electron chi connectivity index (χ2n) is 4.67. The van der Waals surface area contributed by atoms with Crippen LogP contribution < -0.4 is 5.32 Å². The highest BCUT2D eigenvalue weighted by molar-refractivity contribution is 9.11. The summed E-state index contributed by atoms with van der Waals surface area (Å²) in [6, 6.07) is 6.73. The molecule has 0 radical (unpaired) electrons. The lowest BCUT2D eigenvalue weighted by molar-refractivity contribution is 0.497. The maximum atomic E-state index is 3.99. The molecule has 0 heterocycles. The third-order valence-electron chi connectivity index (χ3n) is 2.83. The Bertz CT molecular complexity index is 401. The van der Waals surface area contributed by atoms with Gasteiger partial charge in [0.05, 0.1) is 0 Å². The van der Waals surface area contributed by atoms with E-state index >= 15 is 0 Å². The van der Waals surface area contributed by atoms with Crippen molar-refractivity contribution in [3.8, 4) is 0 Å². The van der Waals surface area contributed by atoms with E-state index < -0.39 is 0 Å². The number of benzene rings is 1. The quantitative estimate of drug-likeness (QED) is 0.611. The highest BCUT2D eigenvalue weighted by Gasteiger charge is 2.14. The lowest BCUT2D eigenvalue weighted by Crippen LogP contribution is -2.22. The van der Waals surface area contributed by atoms with Gasteiger partial charge < -0.3 is 5.32 Å². The van der Waals surface area contributed by atoms with Crippen LogP contribution in [-0.2, 0) is 0 Å². The SMILES string of the molecule is C=C(C)CCC(NCCC)c1cc(Br)ccc1Br. The number of hydrogen-bond acceptors (Lipinski definition) is 1. The summed E-state index contributed by atoms with van der Waals surface area (Å²) in [7, 11) is 0. The topological polar surface area (TPSA) is 12.0 Å². The van der Waals surface area contributed by atoms with Gasteiger partial charge >= 0.3 is 0 Å². The number of rotatable bonds is 7. The molecule has 100 valence electrons. The molecule has 1 nitrogen and oxygen atoms in total. The maximum absolute atomic E-state index is 3.99. The Kier molecular flexibility index (Phi) is 7.20. The van der Waals surface area contributed by atoms with Crippen molar-refractivity contribution in [1.29, 1.82) is 0 Å². The van der Waals surface area contributed by atoms with Crippen LogP contribution in [0.25, 0.3) is 0 Å². The van der Waals surface area contributed by atoms with Crippen LogP contribution >= 0.6 is 31.9 Å². The van der Waals surface area contributed by atoms with Gasteiger partial charge in [0.25, 0.3) is 0 Å². The second-order valence-corrected chi connectivity index (χ2v) is 6.44. The van der Waals surface area contributed by atoms with E-state index in [2.05, 4.69) is 75.8 Å². The molecule has 1 unspecified atom stereocenters. The standard InChI is InChI=1S/C15H21Br2N/c1-4-9-18-15(8-5-11(2)3)13-10-12(16)6-7-14(13)17/h6-7,10,15,18H,2,4-5,8-9H2,1,3H3. The third-order valence-corrected chi connectivity index (χ3v) is 4.05. The van der Waals surface area contributed by atoms with Crippen molar-refractivity contribution in [1.82, 2.24) is 5.32 Å². The van der Waals surface area contributed by atoms with Crippen molar-refractivity contribution in [3.63, 3.8) is 0 Å². The minimum atomic E-state index is 0.383. The minimum absolute atomic E-state index is 0.383. The van der Waals surface area contributed by atoms with Gasteiger partial charge in [0.15, 0.2) is 0 Å². The molecule has 0 bridgehead atoms. The van der Waals surface area contributed by atoms with E-state index in [1.54, 1.807) is 0 Å². The van der Waals surface area contributed by atoms with E-state index in [1.807, 2.05) is 0 Å². The Balaban J connectivity index is 2.85. The van der Waals surface area contributed by atoms with Gasteiger partial charge in [-0.15, -0.1) is 6.58 Å². The molecular formula is C15H21Br2N. The smallest absolute Gasteiger partial charge is 0.0334 e. The molecule has 18 heavy (non-hydrogen) atoms. The third kappa shape index (κ3) is 5.25. The first-order valence-corrected chi connectivity index (χ1v) is 7.96. The van der Waals surface area contributed by atoms with Gasteiger partial charge in [0, 0.05) is 15.0 Å². The van der Waals surface area contributed by atoms with Gasteiger partial charge in [-0.1, -0.05) is 44.4 Å². The Morgan fingerprint density at radius 1 is 1.39 bits per heavy atom. The van der Waals surface area contributed by atoms with Crippen LogP contribution in [0, 0.1) is 0 Å². The molecule has 0 fully saturated rings. The normalized spacial score (nSPS) is 12.4. The van der Waals surface area contributed by atoms with E-state index in [0.717, 1.165) is 30.3 Å².